The zero-order valence-corrected chi connectivity index (χ0v) is 10.3. The fourth-order valence-corrected chi connectivity index (χ4v) is 2.33. The Labute approximate surface area is 107 Å². The molecule has 0 aliphatic carbocycles. The summed E-state index contributed by atoms with van der Waals surface area (Å²) in [4.78, 5) is 4.22. The van der Waals surface area contributed by atoms with Crippen LogP contribution >= 0.6 is 22.9 Å². The number of aromatic nitrogens is 3. The van der Waals surface area contributed by atoms with Crippen molar-refractivity contribution in [3.8, 4) is 16.9 Å². The quantitative estimate of drug-likeness (QED) is 0.705. The Morgan fingerprint density at radius 3 is 2.71 bits per heavy atom. The van der Waals surface area contributed by atoms with Crippen molar-refractivity contribution in [2.45, 2.75) is 0 Å². The lowest BCUT2D eigenvalue weighted by molar-refractivity contribution is 0.881. The van der Waals surface area contributed by atoms with Gasteiger partial charge < -0.3 is 0 Å². The summed E-state index contributed by atoms with van der Waals surface area (Å²) in [6.07, 6.45) is 3.74. The van der Waals surface area contributed by atoms with Crippen LogP contribution in [0.4, 0.5) is 0 Å². The average Bonchev–Trinajstić information content (AvgIpc) is 2.98. The molecule has 17 heavy (non-hydrogen) atoms. The van der Waals surface area contributed by atoms with Crippen molar-refractivity contribution < 1.29 is 0 Å². The van der Waals surface area contributed by atoms with Gasteiger partial charge in [-0.2, -0.15) is 5.10 Å². The molecule has 0 saturated carbocycles. The number of benzene rings is 1. The second-order valence-corrected chi connectivity index (χ2v) is 4.94. The molecule has 0 bridgehead atoms. The molecule has 3 aromatic rings. The molecule has 0 saturated heterocycles. The number of rotatable bonds is 2. The highest BCUT2D eigenvalue weighted by atomic mass is 35.5. The summed E-state index contributed by atoms with van der Waals surface area (Å²) in [7, 11) is 0. The van der Waals surface area contributed by atoms with Gasteiger partial charge in [-0.1, -0.05) is 29.8 Å². The molecule has 2 heterocycles. The normalized spacial score (nSPS) is 10.6. The van der Waals surface area contributed by atoms with Gasteiger partial charge in [0.2, 0.25) is 0 Å². The monoisotopic (exact) mass is 261 g/mol. The molecule has 84 valence electrons. The van der Waals surface area contributed by atoms with E-state index >= 15 is 0 Å². The number of nitrogens with zero attached hydrogens (tertiary/aromatic N) is 3. The van der Waals surface area contributed by atoms with Crippen LogP contribution in [0.25, 0.3) is 16.9 Å². The largest absolute Gasteiger partial charge is 0.240 e. The van der Waals surface area contributed by atoms with E-state index in [2.05, 4.69) is 10.1 Å². The zero-order chi connectivity index (χ0) is 11.7. The number of para-hydroxylation sites is 1. The molecule has 0 aliphatic heterocycles. The number of thiazole rings is 1. The average molecular weight is 262 g/mol. The third-order valence-corrected chi connectivity index (χ3v) is 3.35. The molecule has 0 aliphatic rings. The van der Waals surface area contributed by atoms with Gasteiger partial charge in [0.05, 0.1) is 17.6 Å². The summed E-state index contributed by atoms with van der Waals surface area (Å²) in [5.74, 6) is 0. The second kappa shape index (κ2) is 4.31. The van der Waals surface area contributed by atoms with Crippen LogP contribution in [0.5, 0.6) is 0 Å². The lowest BCUT2D eigenvalue weighted by atomic mass is 10.3. The first-order valence-corrected chi connectivity index (χ1v) is 6.30. The smallest absolute Gasteiger partial charge is 0.184 e. The Morgan fingerprint density at radius 1 is 1.18 bits per heavy atom. The third-order valence-electron chi connectivity index (χ3n) is 2.38. The SMILES string of the molecule is Clc1nc(-c2cnn(-c3ccccc3)c2)cs1. The Morgan fingerprint density at radius 2 is 2.00 bits per heavy atom. The van der Waals surface area contributed by atoms with Gasteiger partial charge in [-0.05, 0) is 12.1 Å². The molecule has 3 rings (SSSR count). The van der Waals surface area contributed by atoms with Crippen LogP contribution in [0.15, 0.2) is 48.1 Å². The van der Waals surface area contributed by atoms with E-state index < -0.39 is 0 Å². The van der Waals surface area contributed by atoms with E-state index in [4.69, 9.17) is 11.6 Å². The van der Waals surface area contributed by atoms with E-state index in [0.717, 1.165) is 16.9 Å². The summed E-state index contributed by atoms with van der Waals surface area (Å²) in [6.45, 7) is 0. The summed E-state index contributed by atoms with van der Waals surface area (Å²) >= 11 is 7.24. The van der Waals surface area contributed by atoms with Gasteiger partial charge in [-0.25, -0.2) is 9.67 Å². The molecule has 0 spiro atoms. The van der Waals surface area contributed by atoms with Crippen molar-refractivity contribution in [2.24, 2.45) is 0 Å². The summed E-state index contributed by atoms with van der Waals surface area (Å²) in [5.41, 5.74) is 2.86. The molecule has 0 radical (unpaired) electrons. The summed E-state index contributed by atoms with van der Waals surface area (Å²) in [5, 5.41) is 6.24. The van der Waals surface area contributed by atoms with Gasteiger partial charge in [0.25, 0.3) is 0 Å². The molecular formula is C12H8ClN3S. The topological polar surface area (TPSA) is 30.7 Å². The van der Waals surface area contributed by atoms with Gasteiger partial charge in [0.1, 0.15) is 0 Å². The molecule has 0 amide bonds. The van der Waals surface area contributed by atoms with E-state index in [9.17, 15) is 0 Å². The highest BCUT2D eigenvalue weighted by Crippen LogP contribution is 2.24. The number of halogens is 1. The van der Waals surface area contributed by atoms with Crippen LogP contribution in [0.2, 0.25) is 4.47 Å². The van der Waals surface area contributed by atoms with Crippen LogP contribution in [0.1, 0.15) is 0 Å². The fourth-order valence-electron chi connectivity index (χ4n) is 1.56. The summed E-state index contributed by atoms with van der Waals surface area (Å²) in [6, 6.07) is 9.95. The van der Waals surface area contributed by atoms with Crippen molar-refractivity contribution in [1.29, 1.82) is 0 Å². The van der Waals surface area contributed by atoms with Crippen LogP contribution < -0.4 is 0 Å². The van der Waals surface area contributed by atoms with Crippen molar-refractivity contribution in [2.75, 3.05) is 0 Å². The van der Waals surface area contributed by atoms with Gasteiger partial charge in [0, 0.05) is 17.1 Å². The van der Waals surface area contributed by atoms with Crippen LogP contribution in [-0.4, -0.2) is 14.8 Å². The highest BCUT2D eigenvalue weighted by Gasteiger charge is 2.06. The molecule has 0 atom stereocenters. The Kier molecular flexibility index (Phi) is 2.66. The van der Waals surface area contributed by atoms with Crippen LogP contribution in [-0.2, 0) is 0 Å². The molecule has 0 fully saturated rings. The Bertz CT molecular complexity index is 630. The summed E-state index contributed by atoms with van der Waals surface area (Å²) < 4.78 is 2.37. The van der Waals surface area contributed by atoms with Gasteiger partial charge >= 0.3 is 0 Å². The van der Waals surface area contributed by atoms with Gasteiger partial charge in [0.15, 0.2) is 4.47 Å². The van der Waals surface area contributed by atoms with E-state index in [-0.39, 0.29) is 0 Å². The number of hydrogen-bond donors (Lipinski definition) is 0. The predicted molar refractivity (Wildman–Crippen MR) is 69.7 cm³/mol. The molecule has 2 aromatic heterocycles. The zero-order valence-electron chi connectivity index (χ0n) is 8.75. The number of hydrogen-bond acceptors (Lipinski definition) is 3. The predicted octanol–water partition coefficient (Wildman–Crippen LogP) is 3.65. The first kappa shape index (κ1) is 10.5. The molecule has 3 nitrogen and oxygen atoms in total. The Hall–Kier alpha value is -1.65. The third kappa shape index (κ3) is 2.09. The lowest BCUT2D eigenvalue weighted by Crippen LogP contribution is -1.92. The Balaban J connectivity index is 1.99. The van der Waals surface area contributed by atoms with Crippen LogP contribution in [0, 0.1) is 0 Å². The maximum atomic E-state index is 5.81. The molecule has 5 heteroatoms. The van der Waals surface area contributed by atoms with Gasteiger partial charge in [-0.3, -0.25) is 0 Å². The standard InChI is InChI=1S/C12H8ClN3S/c13-12-15-11(8-17-12)9-6-14-16(7-9)10-4-2-1-3-5-10/h1-8H. The maximum Gasteiger partial charge on any atom is 0.184 e. The van der Waals surface area contributed by atoms with Crippen LogP contribution in [0.3, 0.4) is 0 Å². The highest BCUT2D eigenvalue weighted by molar-refractivity contribution is 7.14. The molecule has 0 unspecified atom stereocenters. The fraction of sp³-hybridized carbons (Fsp3) is 0. The van der Waals surface area contributed by atoms with Crippen molar-refractivity contribution in [1.82, 2.24) is 14.8 Å². The van der Waals surface area contributed by atoms with Crippen molar-refractivity contribution in [3.63, 3.8) is 0 Å². The van der Waals surface area contributed by atoms with Gasteiger partial charge in [-0.15, -0.1) is 11.3 Å². The minimum Gasteiger partial charge on any atom is -0.240 e. The molecule has 0 N–H and O–H groups in total. The van der Waals surface area contributed by atoms with E-state index in [1.807, 2.05) is 46.6 Å². The van der Waals surface area contributed by atoms with Crippen molar-refractivity contribution in [3.05, 3.63) is 52.6 Å². The minimum atomic E-state index is 0.549. The maximum absolute atomic E-state index is 5.81. The molecular weight excluding hydrogens is 254 g/mol. The second-order valence-electron chi connectivity index (χ2n) is 3.49. The molecule has 1 aromatic carbocycles. The van der Waals surface area contributed by atoms with E-state index in [1.54, 1.807) is 6.20 Å². The first-order valence-electron chi connectivity index (χ1n) is 5.04. The first-order chi connectivity index (χ1) is 8.33. The van der Waals surface area contributed by atoms with Crippen molar-refractivity contribution >= 4 is 22.9 Å². The minimum absolute atomic E-state index is 0.549. The van der Waals surface area contributed by atoms with E-state index in [1.165, 1.54) is 11.3 Å². The lowest BCUT2D eigenvalue weighted by Gasteiger charge is -1.98. The van der Waals surface area contributed by atoms with E-state index in [0.29, 0.717) is 4.47 Å².